The Kier molecular flexibility index (Phi) is 3.06. The fourth-order valence-electron chi connectivity index (χ4n) is 1.26. The van der Waals surface area contributed by atoms with Crippen LogP contribution in [0.1, 0.15) is 5.56 Å². The second-order valence-corrected chi connectivity index (χ2v) is 4.53. The summed E-state index contributed by atoms with van der Waals surface area (Å²) in [6, 6.07) is 7.25. The molecule has 2 heterocycles. The maximum atomic E-state index is 8.81. The number of nitrogens with zero attached hydrogens (tertiary/aromatic N) is 2. The summed E-state index contributed by atoms with van der Waals surface area (Å²) >= 11 is 7.27. The zero-order valence-corrected chi connectivity index (χ0v) is 9.64. The number of hydrogen-bond acceptors (Lipinski definition) is 5. The molecule has 0 unspecified atom stereocenters. The highest BCUT2D eigenvalue weighted by Crippen LogP contribution is 2.28. The Labute approximate surface area is 101 Å². The fourth-order valence-corrected chi connectivity index (χ4v) is 2.14. The van der Waals surface area contributed by atoms with Crippen molar-refractivity contribution in [3.8, 4) is 17.3 Å². The zero-order valence-electron chi connectivity index (χ0n) is 8.07. The van der Waals surface area contributed by atoms with E-state index in [1.165, 1.54) is 11.3 Å². The van der Waals surface area contributed by atoms with E-state index in [4.69, 9.17) is 22.7 Å². The first-order valence-electron chi connectivity index (χ1n) is 4.37. The van der Waals surface area contributed by atoms with Crippen molar-refractivity contribution in [3.63, 3.8) is 0 Å². The Hall–Kier alpha value is -1.61. The number of nitriles is 1. The van der Waals surface area contributed by atoms with Gasteiger partial charge in [0, 0.05) is 10.9 Å². The SMILES string of the molecule is N#Cc1ccc(-c2csc(Cl)c2)nc1NN. The number of nitrogens with two attached hydrogens (primary N) is 1. The average Bonchev–Trinajstić information content (AvgIpc) is 2.75. The van der Waals surface area contributed by atoms with Crippen molar-refractivity contribution in [2.75, 3.05) is 5.43 Å². The van der Waals surface area contributed by atoms with Crippen molar-refractivity contribution in [1.29, 1.82) is 5.26 Å². The quantitative estimate of drug-likeness (QED) is 0.635. The summed E-state index contributed by atoms with van der Waals surface area (Å²) in [7, 11) is 0. The third-order valence-corrected chi connectivity index (χ3v) is 3.11. The van der Waals surface area contributed by atoms with Crippen LogP contribution in [0.15, 0.2) is 23.6 Å². The minimum Gasteiger partial charge on any atom is -0.307 e. The van der Waals surface area contributed by atoms with Crippen LogP contribution in [0.25, 0.3) is 11.3 Å². The first-order valence-corrected chi connectivity index (χ1v) is 5.62. The van der Waals surface area contributed by atoms with Gasteiger partial charge in [0.1, 0.15) is 6.07 Å². The van der Waals surface area contributed by atoms with Crippen LogP contribution < -0.4 is 11.3 Å². The molecule has 0 fully saturated rings. The van der Waals surface area contributed by atoms with Gasteiger partial charge in [0.25, 0.3) is 0 Å². The summed E-state index contributed by atoms with van der Waals surface area (Å²) in [5, 5.41) is 10.7. The molecule has 80 valence electrons. The Morgan fingerprint density at radius 2 is 2.31 bits per heavy atom. The van der Waals surface area contributed by atoms with Crippen LogP contribution in [-0.4, -0.2) is 4.98 Å². The van der Waals surface area contributed by atoms with Crippen molar-refractivity contribution in [1.82, 2.24) is 4.98 Å². The highest BCUT2D eigenvalue weighted by atomic mass is 35.5. The van der Waals surface area contributed by atoms with Crippen LogP contribution in [0.2, 0.25) is 4.34 Å². The number of thiophene rings is 1. The summed E-state index contributed by atoms with van der Waals surface area (Å²) in [5.74, 6) is 5.65. The largest absolute Gasteiger partial charge is 0.307 e. The topological polar surface area (TPSA) is 74.7 Å². The third-order valence-electron chi connectivity index (χ3n) is 2.02. The van der Waals surface area contributed by atoms with E-state index in [0.29, 0.717) is 15.7 Å². The molecule has 0 spiro atoms. The molecule has 0 aromatic carbocycles. The van der Waals surface area contributed by atoms with Gasteiger partial charge < -0.3 is 5.43 Å². The molecule has 2 rings (SSSR count). The van der Waals surface area contributed by atoms with Crippen LogP contribution in [-0.2, 0) is 0 Å². The van der Waals surface area contributed by atoms with E-state index in [1.54, 1.807) is 12.1 Å². The number of nitrogens with one attached hydrogen (secondary N) is 1. The Bertz CT molecular complexity index is 558. The molecule has 0 saturated carbocycles. The molecule has 2 aromatic heterocycles. The van der Waals surface area contributed by atoms with Gasteiger partial charge in [-0.05, 0) is 18.2 Å². The van der Waals surface area contributed by atoms with Crippen LogP contribution >= 0.6 is 22.9 Å². The molecule has 0 saturated heterocycles. The summed E-state index contributed by atoms with van der Waals surface area (Å²) in [4.78, 5) is 4.24. The highest BCUT2D eigenvalue weighted by Gasteiger charge is 2.07. The molecule has 16 heavy (non-hydrogen) atoms. The molecular weight excluding hydrogens is 244 g/mol. The smallest absolute Gasteiger partial charge is 0.158 e. The predicted molar refractivity (Wildman–Crippen MR) is 65.1 cm³/mol. The van der Waals surface area contributed by atoms with E-state index in [-0.39, 0.29) is 0 Å². The lowest BCUT2D eigenvalue weighted by Crippen LogP contribution is -2.10. The number of aromatic nitrogens is 1. The monoisotopic (exact) mass is 250 g/mol. The first-order chi connectivity index (χ1) is 7.74. The third kappa shape index (κ3) is 1.99. The molecule has 0 aliphatic carbocycles. The van der Waals surface area contributed by atoms with Gasteiger partial charge in [-0.1, -0.05) is 11.6 Å². The number of hydrogen-bond donors (Lipinski definition) is 2. The lowest BCUT2D eigenvalue weighted by Gasteiger charge is -2.03. The number of halogens is 1. The standard InChI is InChI=1S/C10H7ClN4S/c11-9-3-7(5-16-9)8-2-1-6(4-12)10(14-8)15-13/h1-3,5H,13H2,(H,14,15). The second-order valence-electron chi connectivity index (χ2n) is 2.99. The van der Waals surface area contributed by atoms with Gasteiger partial charge in [-0.2, -0.15) is 5.26 Å². The molecule has 0 aliphatic heterocycles. The lowest BCUT2D eigenvalue weighted by molar-refractivity contribution is 1.22. The maximum Gasteiger partial charge on any atom is 0.158 e. The molecule has 0 radical (unpaired) electrons. The summed E-state index contributed by atoms with van der Waals surface area (Å²) in [6.07, 6.45) is 0. The molecule has 4 nitrogen and oxygen atoms in total. The minimum atomic E-state index is 0.363. The lowest BCUT2D eigenvalue weighted by atomic mass is 10.2. The minimum absolute atomic E-state index is 0.363. The van der Waals surface area contributed by atoms with Crippen molar-refractivity contribution in [2.45, 2.75) is 0 Å². The van der Waals surface area contributed by atoms with Crippen molar-refractivity contribution >= 4 is 28.8 Å². The maximum absolute atomic E-state index is 8.81. The van der Waals surface area contributed by atoms with Crippen molar-refractivity contribution in [3.05, 3.63) is 33.5 Å². The number of hydrazine groups is 1. The number of anilines is 1. The number of rotatable bonds is 2. The highest BCUT2D eigenvalue weighted by molar-refractivity contribution is 7.14. The van der Waals surface area contributed by atoms with E-state index >= 15 is 0 Å². The summed E-state index contributed by atoms with van der Waals surface area (Å²) < 4.78 is 0.698. The van der Waals surface area contributed by atoms with E-state index in [2.05, 4.69) is 10.4 Å². The van der Waals surface area contributed by atoms with E-state index in [9.17, 15) is 0 Å². The average molecular weight is 251 g/mol. The molecule has 6 heteroatoms. The molecule has 2 aromatic rings. The van der Waals surface area contributed by atoms with Gasteiger partial charge >= 0.3 is 0 Å². The normalized spacial score (nSPS) is 9.81. The van der Waals surface area contributed by atoms with Gasteiger partial charge in [0.05, 0.1) is 15.6 Å². The first kappa shape index (κ1) is 10.9. The van der Waals surface area contributed by atoms with Gasteiger partial charge in [-0.3, -0.25) is 0 Å². The van der Waals surface area contributed by atoms with Crippen molar-refractivity contribution < 1.29 is 0 Å². The zero-order chi connectivity index (χ0) is 11.5. The molecular formula is C10H7ClN4S. The fraction of sp³-hybridized carbons (Fsp3) is 0. The van der Waals surface area contributed by atoms with Crippen LogP contribution in [0.5, 0.6) is 0 Å². The number of pyridine rings is 1. The molecule has 0 bridgehead atoms. The van der Waals surface area contributed by atoms with Gasteiger partial charge in [-0.15, -0.1) is 11.3 Å². The van der Waals surface area contributed by atoms with Crippen LogP contribution in [0, 0.1) is 11.3 Å². The molecule has 3 N–H and O–H groups in total. The molecule has 0 aliphatic rings. The number of nitrogen functional groups attached to an aromatic ring is 1. The van der Waals surface area contributed by atoms with E-state index in [0.717, 1.165) is 11.3 Å². The summed E-state index contributed by atoms with van der Waals surface area (Å²) in [6.45, 7) is 0. The van der Waals surface area contributed by atoms with Crippen LogP contribution in [0.4, 0.5) is 5.82 Å². The molecule has 0 amide bonds. The van der Waals surface area contributed by atoms with Gasteiger partial charge in [0.15, 0.2) is 5.82 Å². The van der Waals surface area contributed by atoms with E-state index in [1.807, 2.05) is 17.5 Å². The Balaban J connectivity index is 2.48. The molecule has 0 atom stereocenters. The second kappa shape index (κ2) is 4.49. The summed E-state index contributed by atoms with van der Waals surface area (Å²) in [5.41, 5.74) is 4.45. The van der Waals surface area contributed by atoms with Gasteiger partial charge in [0.2, 0.25) is 0 Å². The predicted octanol–water partition coefficient (Wildman–Crippen LogP) is 2.62. The van der Waals surface area contributed by atoms with Gasteiger partial charge in [-0.25, -0.2) is 10.8 Å². The van der Waals surface area contributed by atoms with Crippen molar-refractivity contribution in [2.24, 2.45) is 5.84 Å². The Morgan fingerprint density at radius 3 is 2.88 bits per heavy atom. The van der Waals surface area contributed by atoms with E-state index < -0.39 is 0 Å². The van der Waals surface area contributed by atoms with Crippen LogP contribution in [0.3, 0.4) is 0 Å². The Morgan fingerprint density at radius 1 is 1.50 bits per heavy atom.